The van der Waals surface area contributed by atoms with E-state index in [2.05, 4.69) is 0 Å². The average molecular weight is 158 g/mol. The van der Waals surface area contributed by atoms with Gasteiger partial charge in [-0.2, -0.15) is 0 Å². The normalized spacial score (nSPS) is 16.4. The van der Waals surface area contributed by atoms with Crippen molar-refractivity contribution in [2.24, 2.45) is 0 Å². The van der Waals surface area contributed by atoms with E-state index in [0.717, 1.165) is 5.56 Å². The fraction of sp³-hybridized carbons (Fsp3) is 0.500. The highest BCUT2D eigenvalue weighted by atomic mass is 19.1. The Morgan fingerprint density at radius 1 is 1.64 bits per heavy atom. The number of hydrogen-bond donors (Lipinski definition) is 1. The zero-order valence-electron chi connectivity index (χ0n) is 6.54. The van der Waals surface area contributed by atoms with Gasteiger partial charge >= 0.3 is 0 Å². The predicted molar refractivity (Wildman–Crippen MR) is 39.0 cm³/mol. The summed E-state index contributed by atoms with van der Waals surface area (Å²) in [6, 6.07) is 1.63. The van der Waals surface area contributed by atoms with Crippen LogP contribution in [0.3, 0.4) is 0 Å². The molecule has 3 heteroatoms. The summed E-state index contributed by atoms with van der Waals surface area (Å²) in [6.07, 6.45) is -0.940. The second-order valence-corrected chi connectivity index (χ2v) is 2.65. The fourth-order valence-electron chi connectivity index (χ4n) is 0.835. The number of halogens is 1. The molecule has 0 fully saturated rings. The van der Waals surface area contributed by atoms with Gasteiger partial charge in [-0.3, -0.25) is 0 Å². The molecule has 62 valence electrons. The molecule has 1 aromatic rings. The molecule has 2 nitrogen and oxygen atoms in total. The summed E-state index contributed by atoms with van der Waals surface area (Å²) in [4.78, 5) is 0. The Bertz CT molecular complexity index is 230. The van der Waals surface area contributed by atoms with Crippen LogP contribution >= 0.6 is 0 Å². The lowest BCUT2D eigenvalue weighted by atomic mass is 10.2. The van der Waals surface area contributed by atoms with E-state index in [1.807, 2.05) is 6.92 Å². The lowest BCUT2D eigenvalue weighted by Gasteiger charge is -2.06. The fourth-order valence-corrected chi connectivity index (χ4v) is 0.835. The van der Waals surface area contributed by atoms with Crippen LogP contribution in [0.25, 0.3) is 0 Å². The molecule has 0 spiro atoms. The number of aliphatic hydroxyl groups excluding tert-OH is 1. The molecule has 0 amide bonds. The van der Waals surface area contributed by atoms with Gasteiger partial charge in [-0.15, -0.1) is 0 Å². The van der Waals surface area contributed by atoms with Crippen molar-refractivity contribution in [2.45, 2.75) is 26.1 Å². The SMILES string of the molecule is Cc1coc(C(O)C(C)F)c1. The molecule has 0 aliphatic rings. The van der Waals surface area contributed by atoms with Crippen molar-refractivity contribution in [3.8, 4) is 0 Å². The smallest absolute Gasteiger partial charge is 0.142 e. The van der Waals surface area contributed by atoms with Crippen molar-refractivity contribution in [1.29, 1.82) is 0 Å². The molecule has 1 aromatic heterocycles. The summed E-state index contributed by atoms with van der Waals surface area (Å²) in [5.74, 6) is 0.289. The Kier molecular flexibility index (Phi) is 2.29. The first kappa shape index (κ1) is 8.27. The number of alkyl halides is 1. The second kappa shape index (κ2) is 3.05. The average Bonchev–Trinajstić information content (AvgIpc) is 2.34. The molecular formula is C8H11FO2. The molecule has 1 heterocycles. The van der Waals surface area contributed by atoms with E-state index in [4.69, 9.17) is 9.52 Å². The minimum absolute atomic E-state index is 0.289. The third kappa shape index (κ3) is 1.80. The summed E-state index contributed by atoms with van der Waals surface area (Å²) in [5, 5.41) is 9.14. The third-order valence-electron chi connectivity index (χ3n) is 1.48. The highest BCUT2D eigenvalue weighted by molar-refractivity contribution is 5.13. The first-order chi connectivity index (χ1) is 5.11. The van der Waals surface area contributed by atoms with Gasteiger partial charge in [0.05, 0.1) is 6.26 Å². The standard InChI is InChI=1S/C8H11FO2/c1-5-3-7(11-4-5)8(10)6(2)9/h3-4,6,8,10H,1-2H3. The number of aryl methyl sites for hydroxylation is 1. The van der Waals surface area contributed by atoms with Crippen LogP contribution in [0.5, 0.6) is 0 Å². The van der Waals surface area contributed by atoms with Gasteiger partial charge in [-0.05, 0) is 25.5 Å². The maximum atomic E-state index is 12.5. The molecule has 0 aliphatic carbocycles. The summed E-state index contributed by atoms with van der Waals surface area (Å²) < 4.78 is 17.4. The lowest BCUT2D eigenvalue weighted by Crippen LogP contribution is -2.07. The summed E-state index contributed by atoms with van der Waals surface area (Å²) in [5.41, 5.74) is 0.889. The molecule has 2 unspecified atom stereocenters. The van der Waals surface area contributed by atoms with E-state index in [1.54, 1.807) is 6.07 Å². The maximum absolute atomic E-state index is 12.5. The number of furan rings is 1. The minimum Gasteiger partial charge on any atom is -0.466 e. The monoisotopic (exact) mass is 158 g/mol. The largest absolute Gasteiger partial charge is 0.466 e. The van der Waals surface area contributed by atoms with E-state index >= 15 is 0 Å². The quantitative estimate of drug-likeness (QED) is 0.713. The van der Waals surface area contributed by atoms with Crippen molar-refractivity contribution in [2.75, 3.05) is 0 Å². The predicted octanol–water partition coefficient (Wildman–Crippen LogP) is 1.98. The van der Waals surface area contributed by atoms with Gasteiger partial charge in [0.15, 0.2) is 0 Å². The topological polar surface area (TPSA) is 33.4 Å². The molecule has 0 saturated heterocycles. The van der Waals surface area contributed by atoms with Crippen molar-refractivity contribution in [1.82, 2.24) is 0 Å². The molecule has 11 heavy (non-hydrogen) atoms. The van der Waals surface area contributed by atoms with Crippen LogP contribution in [-0.4, -0.2) is 11.3 Å². The molecule has 0 aliphatic heterocycles. The van der Waals surface area contributed by atoms with Gasteiger partial charge < -0.3 is 9.52 Å². The van der Waals surface area contributed by atoms with Gasteiger partial charge in [0.1, 0.15) is 18.0 Å². The van der Waals surface area contributed by atoms with Gasteiger partial charge in [0.25, 0.3) is 0 Å². The molecular weight excluding hydrogens is 147 g/mol. The van der Waals surface area contributed by atoms with Crippen LogP contribution in [-0.2, 0) is 0 Å². The second-order valence-electron chi connectivity index (χ2n) is 2.65. The molecule has 0 radical (unpaired) electrons. The van der Waals surface area contributed by atoms with E-state index < -0.39 is 12.3 Å². The van der Waals surface area contributed by atoms with E-state index in [0.29, 0.717) is 0 Å². The highest BCUT2D eigenvalue weighted by Crippen LogP contribution is 2.20. The van der Waals surface area contributed by atoms with Gasteiger partial charge in [-0.25, -0.2) is 4.39 Å². The Hall–Kier alpha value is -0.830. The Balaban J connectivity index is 2.76. The van der Waals surface area contributed by atoms with Gasteiger partial charge in [0, 0.05) is 0 Å². The Labute approximate surface area is 64.6 Å². The number of hydrogen-bond acceptors (Lipinski definition) is 2. The maximum Gasteiger partial charge on any atom is 0.142 e. The first-order valence-electron chi connectivity index (χ1n) is 3.48. The van der Waals surface area contributed by atoms with Crippen LogP contribution in [0.15, 0.2) is 16.7 Å². The van der Waals surface area contributed by atoms with Crippen LogP contribution in [0.2, 0.25) is 0 Å². The van der Waals surface area contributed by atoms with Gasteiger partial charge in [-0.1, -0.05) is 0 Å². The van der Waals surface area contributed by atoms with Crippen molar-refractivity contribution < 1.29 is 13.9 Å². The third-order valence-corrected chi connectivity index (χ3v) is 1.48. The number of aliphatic hydroxyl groups is 1. The molecule has 1 N–H and O–H groups in total. The minimum atomic E-state index is -1.29. The van der Waals surface area contributed by atoms with Crippen LogP contribution in [0.4, 0.5) is 4.39 Å². The number of rotatable bonds is 2. The van der Waals surface area contributed by atoms with Crippen molar-refractivity contribution >= 4 is 0 Å². The molecule has 0 saturated carbocycles. The summed E-state index contributed by atoms with van der Waals surface area (Å²) in [6.45, 7) is 3.12. The van der Waals surface area contributed by atoms with Crippen LogP contribution in [0, 0.1) is 6.92 Å². The van der Waals surface area contributed by atoms with Crippen molar-refractivity contribution in [3.63, 3.8) is 0 Å². The van der Waals surface area contributed by atoms with Crippen LogP contribution in [0.1, 0.15) is 24.4 Å². The Morgan fingerprint density at radius 3 is 2.64 bits per heavy atom. The summed E-state index contributed by atoms with van der Waals surface area (Å²) in [7, 11) is 0. The molecule has 0 bridgehead atoms. The van der Waals surface area contributed by atoms with Gasteiger partial charge in [0.2, 0.25) is 0 Å². The lowest BCUT2D eigenvalue weighted by molar-refractivity contribution is 0.0691. The Morgan fingerprint density at radius 2 is 2.27 bits per heavy atom. The van der Waals surface area contributed by atoms with Crippen LogP contribution < -0.4 is 0 Å². The first-order valence-corrected chi connectivity index (χ1v) is 3.48. The zero-order chi connectivity index (χ0) is 8.43. The highest BCUT2D eigenvalue weighted by Gasteiger charge is 2.18. The molecule has 1 rings (SSSR count). The van der Waals surface area contributed by atoms with E-state index in [9.17, 15) is 4.39 Å². The molecule has 0 aromatic carbocycles. The van der Waals surface area contributed by atoms with E-state index in [-0.39, 0.29) is 5.76 Å². The zero-order valence-corrected chi connectivity index (χ0v) is 6.54. The molecule has 2 atom stereocenters. The van der Waals surface area contributed by atoms with Crippen molar-refractivity contribution in [3.05, 3.63) is 23.7 Å². The van der Waals surface area contributed by atoms with E-state index in [1.165, 1.54) is 13.2 Å². The summed E-state index contributed by atoms with van der Waals surface area (Å²) >= 11 is 0.